The van der Waals surface area contributed by atoms with Gasteiger partial charge in [0.05, 0.1) is 10.6 Å². The summed E-state index contributed by atoms with van der Waals surface area (Å²) in [5.74, 6) is 0. The zero-order chi connectivity index (χ0) is 14.1. The molecule has 2 aromatic heterocycles. The third-order valence-corrected chi connectivity index (χ3v) is 5.98. The predicted molar refractivity (Wildman–Crippen MR) is 86.3 cm³/mol. The summed E-state index contributed by atoms with van der Waals surface area (Å²) in [7, 11) is 0. The molecular formula is C16H22N4S. The summed E-state index contributed by atoms with van der Waals surface area (Å²) in [6, 6.07) is 6.52. The first-order valence-corrected chi connectivity index (χ1v) is 8.66. The minimum Gasteiger partial charge on any atom is -0.316 e. The van der Waals surface area contributed by atoms with E-state index in [0.29, 0.717) is 5.41 Å². The molecule has 1 unspecified atom stereocenters. The Hall–Kier alpha value is -1.17. The lowest BCUT2D eigenvalue weighted by Crippen LogP contribution is -2.43. The number of nitrogens with one attached hydrogen (secondary N) is 2. The van der Waals surface area contributed by atoms with Crippen LogP contribution in [0.25, 0.3) is 10.6 Å². The number of likely N-dealkylation sites (tertiary alicyclic amines) is 1. The van der Waals surface area contributed by atoms with E-state index in [2.05, 4.69) is 32.5 Å². The van der Waals surface area contributed by atoms with Gasteiger partial charge in [-0.25, -0.2) is 0 Å². The van der Waals surface area contributed by atoms with E-state index < -0.39 is 0 Å². The first kappa shape index (κ1) is 13.5. The smallest absolute Gasteiger partial charge is 0.0749 e. The highest BCUT2D eigenvalue weighted by molar-refractivity contribution is 7.15. The topological polar surface area (TPSA) is 44.0 Å². The van der Waals surface area contributed by atoms with Gasteiger partial charge in [0.2, 0.25) is 0 Å². The Balaban J connectivity index is 1.44. The van der Waals surface area contributed by atoms with E-state index in [-0.39, 0.29) is 0 Å². The normalized spacial score (nSPS) is 26.7. The maximum absolute atomic E-state index is 4.04. The summed E-state index contributed by atoms with van der Waals surface area (Å²) in [6.07, 6.45) is 5.92. The van der Waals surface area contributed by atoms with Crippen molar-refractivity contribution in [2.75, 3.05) is 26.2 Å². The van der Waals surface area contributed by atoms with Crippen LogP contribution in [0.5, 0.6) is 0 Å². The highest BCUT2D eigenvalue weighted by atomic mass is 32.1. The molecule has 0 aliphatic carbocycles. The molecule has 5 heteroatoms. The summed E-state index contributed by atoms with van der Waals surface area (Å²) in [5, 5.41) is 10.6. The number of rotatable bonds is 3. The molecule has 2 fully saturated rings. The van der Waals surface area contributed by atoms with Crippen molar-refractivity contribution >= 4 is 11.3 Å². The number of piperidine rings is 1. The second-order valence-corrected chi connectivity index (χ2v) is 7.65. The average Bonchev–Trinajstić information content (AvgIpc) is 3.20. The van der Waals surface area contributed by atoms with Gasteiger partial charge in [0.25, 0.3) is 0 Å². The van der Waals surface area contributed by atoms with Crippen LogP contribution in [0, 0.1) is 5.41 Å². The fourth-order valence-corrected chi connectivity index (χ4v) is 4.84. The van der Waals surface area contributed by atoms with Crippen LogP contribution < -0.4 is 5.32 Å². The summed E-state index contributed by atoms with van der Waals surface area (Å²) >= 11 is 1.89. The number of aromatic amines is 1. The lowest BCUT2D eigenvalue weighted by atomic mass is 9.79. The van der Waals surface area contributed by atoms with Gasteiger partial charge in [-0.2, -0.15) is 5.10 Å². The van der Waals surface area contributed by atoms with Gasteiger partial charge in [-0.15, -0.1) is 11.3 Å². The Kier molecular flexibility index (Phi) is 3.57. The number of thiophene rings is 1. The van der Waals surface area contributed by atoms with Gasteiger partial charge in [-0.3, -0.25) is 10.00 Å². The quantitative estimate of drug-likeness (QED) is 0.916. The van der Waals surface area contributed by atoms with E-state index in [0.717, 1.165) is 12.2 Å². The van der Waals surface area contributed by atoms with Crippen LogP contribution in [0.1, 0.15) is 24.1 Å². The van der Waals surface area contributed by atoms with Crippen LogP contribution in [0.3, 0.4) is 0 Å². The summed E-state index contributed by atoms with van der Waals surface area (Å²) < 4.78 is 0. The molecule has 4 nitrogen and oxygen atoms in total. The summed E-state index contributed by atoms with van der Waals surface area (Å²) in [4.78, 5) is 5.40. The van der Waals surface area contributed by atoms with Gasteiger partial charge in [0, 0.05) is 30.7 Å². The Morgan fingerprint density at radius 3 is 3.10 bits per heavy atom. The molecule has 4 rings (SSSR count). The van der Waals surface area contributed by atoms with E-state index in [9.17, 15) is 0 Å². The molecule has 2 N–H and O–H groups in total. The minimum atomic E-state index is 0.557. The molecule has 21 heavy (non-hydrogen) atoms. The van der Waals surface area contributed by atoms with E-state index >= 15 is 0 Å². The van der Waals surface area contributed by atoms with Gasteiger partial charge in [0.1, 0.15) is 0 Å². The highest BCUT2D eigenvalue weighted by Crippen LogP contribution is 2.36. The van der Waals surface area contributed by atoms with Crippen LogP contribution >= 0.6 is 11.3 Å². The van der Waals surface area contributed by atoms with Crippen LogP contribution in [-0.4, -0.2) is 41.3 Å². The van der Waals surface area contributed by atoms with Gasteiger partial charge < -0.3 is 5.32 Å². The molecule has 2 saturated heterocycles. The number of aromatic nitrogens is 2. The third kappa shape index (κ3) is 2.78. The zero-order valence-electron chi connectivity index (χ0n) is 12.3. The number of hydrogen-bond acceptors (Lipinski definition) is 4. The van der Waals surface area contributed by atoms with Crippen molar-refractivity contribution in [2.24, 2.45) is 5.41 Å². The van der Waals surface area contributed by atoms with Crippen molar-refractivity contribution in [3.05, 3.63) is 29.3 Å². The molecule has 4 heterocycles. The number of hydrogen-bond donors (Lipinski definition) is 2. The summed E-state index contributed by atoms with van der Waals surface area (Å²) in [6.45, 7) is 6.03. The molecule has 0 amide bonds. The predicted octanol–water partition coefficient (Wildman–Crippen LogP) is 2.71. The van der Waals surface area contributed by atoms with Crippen LogP contribution in [0.2, 0.25) is 0 Å². The first-order chi connectivity index (χ1) is 10.3. The largest absolute Gasteiger partial charge is 0.316 e. The molecule has 0 bridgehead atoms. The SMILES string of the molecule is c1cc(-c2ccc(CN3CCCC4(CCNC4)C3)s2)[nH]n1. The molecule has 1 spiro atoms. The fourth-order valence-electron chi connectivity index (χ4n) is 3.81. The number of H-pyrrole nitrogens is 1. The maximum atomic E-state index is 4.04. The average molecular weight is 302 g/mol. The van der Waals surface area contributed by atoms with Crippen molar-refractivity contribution in [1.82, 2.24) is 20.4 Å². The van der Waals surface area contributed by atoms with Gasteiger partial charge in [-0.05, 0) is 56.0 Å². The molecule has 112 valence electrons. The molecule has 0 aromatic carbocycles. The second kappa shape index (κ2) is 5.55. The Labute approximate surface area is 129 Å². The monoisotopic (exact) mass is 302 g/mol. The zero-order valence-corrected chi connectivity index (χ0v) is 13.1. The van der Waals surface area contributed by atoms with E-state index in [4.69, 9.17) is 0 Å². The summed E-state index contributed by atoms with van der Waals surface area (Å²) in [5.41, 5.74) is 1.68. The Morgan fingerprint density at radius 2 is 2.29 bits per heavy atom. The molecule has 0 saturated carbocycles. The van der Waals surface area contributed by atoms with Crippen LogP contribution in [0.15, 0.2) is 24.4 Å². The van der Waals surface area contributed by atoms with Crippen molar-refractivity contribution in [3.63, 3.8) is 0 Å². The van der Waals surface area contributed by atoms with Crippen molar-refractivity contribution < 1.29 is 0 Å². The third-order valence-electron chi connectivity index (χ3n) is 4.88. The van der Waals surface area contributed by atoms with Crippen molar-refractivity contribution in [3.8, 4) is 10.6 Å². The lowest BCUT2D eigenvalue weighted by Gasteiger charge is -2.39. The van der Waals surface area contributed by atoms with Gasteiger partial charge in [-0.1, -0.05) is 0 Å². The van der Waals surface area contributed by atoms with Crippen LogP contribution in [0.4, 0.5) is 0 Å². The van der Waals surface area contributed by atoms with Crippen molar-refractivity contribution in [1.29, 1.82) is 0 Å². The molecule has 2 aromatic rings. The van der Waals surface area contributed by atoms with Crippen molar-refractivity contribution in [2.45, 2.75) is 25.8 Å². The minimum absolute atomic E-state index is 0.557. The van der Waals surface area contributed by atoms with E-state index in [1.807, 2.05) is 23.6 Å². The van der Waals surface area contributed by atoms with E-state index in [1.165, 1.54) is 55.2 Å². The van der Waals surface area contributed by atoms with Gasteiger partial charge in [0.15, 0.2) is 0 Å². The molecular weight excluding hydrogens is 280 g/mol. The van der Waals surface area contributed by atoms with E-state index in [1.54, 1.807) is 0 Å². The Bertz CT molecular complexity index is 583. The lowest BCUT2D eigenvalue weighted by molar-refractivity contribution is 0.0986. The Morgan fingerprint density at radius 1 is 1.29 bits per heavy atom. The molecule has 0 radical (unpaired) electrons. The molecule has 2 aliphatic heterocycles. The standard InChI is InChI=1S/C16H22N4S/c1-5-16(6-8-17-11-16)12-20(9-1)10-13-2-3-15(21-13)14-4-7-18-19-14/h2-4,7,17H,1,5-6,8-12H2,(H,18,19). The number of nitrogens with zero attached hydrogens (tertiary/aromatic N) is 2. The molecule has 2 aliphatic rings. The van der Waals surface area contributed by atoms with Crippen LogP contribution in [-0.2, 0) is 6.54 Å². The molecule has 1 atom stereocenters. The fraction of sp³-hybridized carbons (Fsp3) is 0.562. The highest BCUT2D eigenvalue weighted by Gasteiger charge is 2.37. The second-order valence-electron chi connectivity index (χ2n) is 6.48. The maximum Gasteiger partial charge on any atom is 0.0749 e. The van der Waals surface area contributed by atoms with Gasteiger partial charge >= 0.3 is 0 Å². The first-order valence-electron chi connectivity index (χ1n) is 7.85.